The normalized spacial score (nSPS) is 12.7. The maximum atomic E-state index is 4.60. The molecule has 4 heteroatoms. The average molecular weight is 274 g/mol. The van der Waals surface area contributed by atoms with E-state index in [9.17, 15) is 0 Å². The predicted molar refractivity (Wildman–Crippen MR) is 88.5 cm³/mol. The quantitative estimate of drug-likeness (QED) is 0.455. The highest BCUT2D eigenvalue weighted by atomic mass is 15.2. The van der Waals surface area contributed by atoms with Crippen molar-refractivity contribution in [2.75, 3.05) is 31.6 Å². The van der Waals surface area contributed by atoms with Gasteiger partial charge in [-0.1, -0.05) is 24.3 Å². The summed E-state index contributed by atoms with van der Waals surface area (Å²) in [7, 11) is 2.10. The molecular weight excluding hydrogens is 248 g/mol. The molecule has 0 aromatic heterocycles. The first-order valence-electron chi connectivity index (χ1n) is 7.10. The van der Waals surface area contributed by atoms with Crippen molar-refractivity contribution in [3.8, 4) is 0 Å². The van der Waals surface area contributed by atoms with Crippen LogP contribution in [0.5, 0.6) is 0 Å². The maximum Gasteiger partial charge on any atom is 0.191 e. The zero-order valence-corrected chi connectivity index (χ0v) is 12.8. The molecule has 1 rings (SSSR count). The molecule has 0 aliphatic rings. The van der Waals surface area contributed by atoms with Gasteiger partial charge in [-0.2, -0.15) is 0 Å². The third-order valence-corrected chi connectivity index (χ3v) is 3.10. The van der Waals surface area contributed by atoms with E-state index in [0.29, 0.717) is 6.04 Å². The van der Waals surface area contributed by atoms with E-state index in [4.69, 9.17) is 0 Å². The van der Waals surface area contributed by atoms with Crippen LogP contribution >= 0.6 is 0 Å². The monoisotopic (exact) mass is 274 g/mol. The lowest BCUT2D eigenvalue weighted by Crippen LogP contribution is -2.39. The van der Waals surface area contributed by atoms with Gasteiger partial charge in [0.15, 0.2) is 5.96 Å². The van der Waals surface area contributed by atoms with Gasteiger partial charge >= 0.3 is 0 Å². The van der Waals surface area contributed by atoms with Crippen molar-refractivity contribution < 1.29 is 0 Å². The van der Waals surface area contributed by atoms with E-state index in [1.54, 1.807) is 0 Å². The topological polar surface area (TPSA) is 39.7 Å². The second-order valence-corrected chi connectivity index (χ2v) is 4.68. The van der Waals surface area contributed by atoms with Crippen LogP contribution in [0.4, 0.5) is 5.69 Å². The Bertz CT molecular complexity index is 414. The Labute approximate surface area is 122 Å². The van der Waals surface area contributed by atoms with Crippen LogP contribution in [0.15, 0.2) is 48.0 Å². The Kier molecular flexibility index (Phi) is 7.25. The molecule has 1 unspecified atom stereocenters. The van der Waals surface area contributed by atoms with Gasteiger partial charge in [0.1, 0.15) is 0 Å². The lowest BCUT2D eigenvalue weighted by Gasteiger charge is -2.26. The fraction of sp³-hybridized carbons (Fsp3) is 0.438. The molecule has 0 amide bonds. The van der Waals surface area contributed by atoms with E-state index >= 15 is 0 Å². The molecule has 110 valence electrons. The third-order valence-electron chi connectivity index (χ3n) is 3.10. The minimum Gasteiger partial charge on any atom is -0.370 e. The number of nitrogens with one attached hydrogen (secondary N) is 2. The Morgan fingerprint density at radius 3 is 2.65 bits per heavy atom. The molecule has 20 heavy (non-hydrogen) atoms. The summed E-state index contributed by atoms with van der Waals surface area (Å²) >= 11 is 0. The number of para-hydroxylation sites is 1. The molecule has 1 aromatic carbocycles. The van der Waals surface area contributed by atoms with Gasteiger partial charge in [-0.15, -0.1) is 6.58 Å². The largest absolute Gasteiger partial charge is 0.370 e. The van der Waals surface area contributed by atoms with Gasteiger partial charge in [0, 0.05) is 31.9 Å². The van der Waals surface area contributed by atoms with E-state index in [1.165, 1.54) is 5.69 Å². The summed E-state index contributed by atoms with van der Waals surface area (Å²) in [4.78, 5) is 6.84. The molecule has 0 spiro atoms. The molecule has 0 bridgehead atoms. The summed E-state index contributed by atoms with van der Waals surface area (Å²) in [6.07, 6.45) is 1.83. The van der Waals surface area contributed by atoms with E-state index < -0.39 is 0 Å². The Balaban J connectivity index is 2.58. The smallest absolute Gasteiger partial charge is 0.191 e. The van der Waals surface area contributed by atoms with Gasteiger partial charge < -0.3 is 15.5 Å². The van der Waals surface area contributed by atoms with Gasteiger partial charge in [-0.25, -0.2) is 0 Å². The number of nitrogens with zero attached hydrogens (tertiary/aromatic N) is 2. The van der Waals surface area contributed by atoms with Crippen molar-refractivity contribution in [3.63, 3.8) is 0 Å². The van der Waals surface area contributed by atoms with E-state index in [1.807, 2.05) is 12.1 Å². The van der Waals surface area contributed by atoms with Crippen LogP contribution in [0.2, 0.25) is 0 Å². The Morgan fingerprint density at radius 1 is 1.35 bits per heavy atom. The van der Waals surface area contributed by atoms with Crippen LogP contribution in [-0.4, -0.2) is 38.7 Å². The van der Waals surface area contributed by atoms with Gasteiger partial charge in [-0.3, -0.25) is 4.99 Å². The Morgan fingerprint density at radius 2 is 2.05 bits per heavy atom. The highest BCUT2D eigenvalue weighted by Gasteiger charge is 2.09. The second kappa shape index (κ2) is 9.02. The van der Waals surface area contributed by atoms with E-state index in [2.05, 4.69) is 72.3 Å². The second-order valence-electron chi connectivity index (χ2n) is 4.68. The van der Waals surface area contributed by atoms with Gasteiger partial charge in [0.05, 0.1) is 6.54 Å². The molecule has 2 N–H and O–H groups in total. The summed E-state index contributed by atoms with van der Waals surface area (Å²) in [6, 6.07) is 10.7. The lowest BCUT2D eigenvalue weighted by molar-refractivity contribution is 0.689. The van der Waals surface area contributed by atoms with Crippen molar-refractivity contribution in [1.29, 1.82) is 0 Å². The molecule has 0 saturated carbocycles. The molecule has 0 heterocycles. The number of benzene rings is 1. The van der Waals surface area contributed by atoms with Crippen molar-refractivity contribution in [2.24, 2.45) is 4.99 Å². The standard InChI is InChI=1S/C16H26N4/c1-5-12-18-16(17-6-2)19-13-14(3)20(4)15-10-8-7-9-11-15/h5,7-11,14H,1,6,12-13H2,2-4H3,(H2,17,18,19). The molecule has 0 radical (unpaired) electrons. The molecule has 1 aromatic rings. The number of hydrogen-bond donors (Lipinski definition) is 2. The summed E-state index contributed by atoms with van der Waals surface area (Å²) in [5.41, 5.74) is 1.21. The number of anilines is 1. The molecule has 0 saturated heterocycles. The Hall–Kier alpha value is -1.97. The highest BCUT2D eigenvalue weighted by molar-refractivity contribution is 5.79. The molecule has 0 aliphatic carbocycles. The van der Waals surface area contributed by atoms with Crippen LogP contribution in [0.25, 0.3) is 0 Å². The predicted octanol–water partition coefficient (Wildman–Crippen LogP) is 2.25. The van der Waals surface area contributed by atoms with Crippen LogP contribution < -0.4 is 15.5 Å². The SMILES string of the molecule is C=CCNC(=NCC(C)N(C)c1ccccc1)NCC. The van der Waals surface area contributed by atoms with Crippen molar-refractivity contribution in [2.45, 2.75) is 19.9 Å². The minimum absolute atomic E-state index is 0.330. The van der Waals surface area contributed by atoms with Gasteiger partial charge in [0.25, 0.3) is 0 Å². The number of guanidine groups is 1. The third kappa shape index (κ3) is 5.34. The summed E-state index contributed by atoms with van der Waals surface area (Å²) in [6.45, 7) is 10.2. The highest BCUT2D eigenvalue weighted by Crippen LogP contribution is 2.13. The molecule has 0 fully saturated rings. The molecular formula is C16H26N4. The zero-order chi connectivity index (χ0) is 14.8. The van der Waals surface area contributed by atoms with Crippen LogP contribution in [0.3, 0.4) is 0 Å². The molecule has 0 aliphatic heterocycles. The molecule has 1 atom stereocenters. The first kappa shape index (κ1) is 16.1. The number of aliphatic imine (C=N–C) groups is 1. The van der Waals surface area contributed by atoms with Gasteiger partial charge in [0.2, 0.25) is 0 Å². The number of hydrogen-bond acceptors (Lipinski definition) is 2. The number of likely N-dealkylation sites (N-methyl/N-ethyl adjacent to an activating group) is 1. The van der Waals surface area contributed by atoms with E-state index in [-0.39, 0.29) is 0 Å². The van der Waals surface area contributed by atoms with E-state index in [0.717, 1.165) is 25.6 Å². The minimum atomic E-state index is 0.330. The average Bonchev–Trinajstić information content (AvgIpc) is 2.49. The van der Waals surface area contributed by atoms with Crippen LogP contribution in [0, 0.1) is 0 Å². The zero-order valence-electron chi connectivity index (χ0n) is 12.8. The summed E-state index contributed by atoms with van der Waals surface area (Å²) in [5.74, 6) is 0.834. The molecule has 4 nitrogen and oxygen atoms in total. The lowest BCUT2D eigenvalue weighted by atomic mass is 10.2. The fourth-order valence-electron chi connectivity index (χ4n) is 1.77. The van der Waals surface area contributed by atoms with Crippen LogP contribution in [0.1, 0.15) is 13.8 Å². The summed E-state index contributed by atoms with van der Waals surface area (Å²) < 4.78 is 0. The first-order valence-corrected chi connectivity index (χ1v) is 7.10. The van der Waals surface area contributed by atoms with Crippen molar-refractivity contribution in [1.82, 2.24) is 10.6 Å². The number of rotatable bonds is 7. The van der Waals surface area contributed by atoms with Crippen molar-refractivity contribution >= 4 is 11.6 Å². The van der Waals surface area contributed by atoms with Crippen molar-refractivity contribution in [3.05, 3.63) is 43.0 Å². The fourth-order valence-corrected chi connectivity index (χ4v) is 1.77. The van der Waals surface area contributed by atoms with Gasteiger partial charge in [-0.05, 0) is 26.0 Å². The first-order chi connectivity index (χ1) is 9.69. The van der Waals surface area contributed by atoms with Crippen LogP contribution in [-0.2, 0) is 0 Å². The summed E-state index contributed by atoms with van der Waals surface area (Å²) in [5, 5.41) is 6.43. The maximum absolute atomic E-state index is 4.60.